The lowest BCUT2D eigenvalue weighted by Crippen LogP contribution is -2.32. The molecule has 44 heavy (non-hydrogen) atoms. The summed E-state index contributed by atoms with van der Waals surface area (Å²) in [4.78, 5) is 51.8. The number of hydrogen-bond donors (Lipinski definition) is 0. The summed E-state index contributed by atoms with van der Waals surface area (Å²) in [5, 5.41) is -1.37. The van der Waals surface area contributed by atoms with Gasteiger partial charge in [0.1, 0.15) is 11.1 Å². The van der Waals surface area contributed by atoms with E-state index in [1.165, 1.54) is 13.8 Å². The Morgan fingerprint density at radius 3 is 1.39 bits per heavy atom. The molecule has 1 aliphatic rings. The van der Waals surface area contributed by atoms with Crippen molar-refractivity contribution in [3.05, 3.63) is 91.0 Å². The highest BCUT2D eigenvalue weighted by Gasteiger charge is 2.35. The topological polar surface area (TPSA) is 96.6 Å². The maximum atomic E-state index is 15.4. The predicted molar refractivity (Wildman–Crippen MR) is 145 cm³/mol. The molecule has 14 heteroatoms. The first-order valence-corrected chi connectivity index (χ1v) is 13.7. The van der Waals surface area contributed by atoms with Crippen molar-refractivity contribution in [2.45, 2.75) is 51.6 Å². The molecule has 1 aliphatic carbocycles. The van der Waals surface area contributed by atoms with Crippen LogP contribution in [0.5, 0.6) is 0 Å². The number of rotatable bonds is 6. The summed E-state index contributed by atoms with van der Waals surface area (Å²) in [6.45, 7) is 2.61. The van der Waals surface area contributed by atoms with Crippen LogP contribution in [0, 0.1) is 34.9 Å². The van der Waals surface area contributed by atoms with Crippen LogP contribution in [0.25, 0.3) is 21.8 Å². The summed E-state index contributed by atoms with van der Waals surface area (Å²) < 4.78 is 101. The number of carbonyl (C=O) groups is 2. The van der Waals surface area contributed by atoms with Crippen LogP contribution in [0.4, 0.5) is 26.3 Å². The average molecular weight is 623 g/mol. The number of nitrogens with zero attached hydrogens (tertiary/aromatic N) is 2. The van der Waals surface area contributed by atoms with Crippen molar-refractivity contribution in [2.24, 2.45) is 0 Å². The second-order valence-corrected chi connectivity index (χ2v) is 10.2. The third-order valence-corrected chi connectivity index (χ3v) is 7.70. The third-order valence-electron chi connectivity index (χ3n) is 7.70. The molecular formula is C30H24F6N2O6. The minimum atomic E-state index is -1.90. The van der Waals surface area contributed by atoms with Crippen LogP contribution < -0.4 is 10.9 Å². The van der Waals surface area contributed by atoms with Crippen LogP contribution in [0.1, 0.15) is 72.3 Å². The third kappa shape index (κ3) is 4.91. The Bertz CT molecular complexity index is 1830. The monoisotopic (exact) mass is 622 g/mol. The van der Waals surface area contributed by atoms with Gasteiger partial charge < -0.3 is 18.6 Å². The van der Waals surface area contributed by atoms with Crippen LogP contribution >= 0.6 is 0 Å². The van der Waals surface area contributed by atoms with Crippen LogP contribution in [0.15, 0.2) is 34.1 Å². The Balaban J connectivity index is 1.88. The minimum Gasteiger partial charge on any atom is -0.462 e. The van der Waals surface area contributed by atoms with E-state index in [-0.39, 0.29) is 26.1 Å². The molecule has 2 aromatic heterocycles. The van der Waals surface area contributed by atoms with Crippen molar-refractivity contribution >= 4 is 33.7 Å². The second kappa shape index (κ2) is 11.8. The van der Waals surface area contributed by atoms with E-state index in [1.807, 2.05) is 0 Å². The normalized spacial score (nSPS) is 16.8. The van der Waals surface area contributed by atoms with Crippen LogP contribution in [-0.4, -0.2) is 34.3 Å². The minimum absolute atomic E-state index is 0.108. The van der Waals surface area contributed by atoms with E-state index < -0.39 is 103 Å². The van der Waals surface area contributed by atoms with E-state index in [9.17, 15) is 36.7 Å². The predicted octanol–water partition coefficient (Wildman–Crippen LogP) is 5.86. The molecule has 2 aromatic carbocycles. The largest absolute Gasteiger partial charge is 0.462 e. The summed E-state index contributed by atoms with van der Waals surface area (Å²) >= 11 is 0. The quantitative estimate of drug-likeness (QED) is 0.152. The van der Waals surface area contributed by atoms with E-state index >= 15 is 8.78 Å². The van der Waals surface area contributed by atoms with Gasteiger partial charge in [-0.2, -0.15) is 0 Å². The number of esters is 2. The number of hydrogen-bond acceptors (Lipinski definition) is 6. The van der Waals surface area contributed by atoms with Gasteiger partial charge in [0.15, 0.2) is 34.9 Å². The van der Waals surface area contributed by atoms with E-state index in [1.54, 1.807) is 0 Å². The molecule has 0 bridgehead atoms. The summed E-state index contributed by atoms with van der Waals surface area (Å²) in [6, 6.07) is -1.29. The van der Waals surface area contributed by atoms with Gasteiger partial charge in [0.25, 0.3) is 0 Å². The average Bonchev–Trinajstić information content (AvgIpc) is 3.00. The molecule has 1 fully saturated rings. The lowest BCUT2D eigenvalue weighted by molar-refractivity contribution is 0.0513. The van der Waals surface area contributed by atoms with Crippen LogP contribution in [-0.2, 0) is 9.47 Å². The van der Waals surface area contributed by atoms with Gasteiger partial charge in [0.05, 0.1) is 47.1 Å². The van der Waals surface area contributed by atoms with Gasteiger partial charge in [-0.3, -0.25) is 9.59 Å². The molecule has 232 valence electrons. The molecule has 4 aromatic rings. The Hall–Kier alpha value is -4.62. The van der Waals surface area contributed by atoms with Crippen molar-refractivity contribution in [3.63, 3.8) is 0 Å². The highest BCUT2D eigenvalue weighted by molar-refractivity contribution is 5.95. The molecule has 0 N–H and O–H groups in total. The fourth-order valence-corrected chi connectivity index (χ4v) is 5.81. The number of benzene rings is 2. The van der Waals surface area contributed by atoms with E-state index in [2.05, 4.69) is 0 Å². The van der Waals surface area contributed by atoms with Gasteiger partial charge in [-0.25, -0.2) is 35.9 Å². The molecule has 0 saturated heterocycles. The number of aromatic nitrogens is 2. The highest BCUT2D eigenvalue weighted by atomic mass is 19.2. The van der Waals surface area contributed by atoms with Crippen molar-refractivity contribution in [2.75, 3.05) is 13.2 Å². The number of ether oxygens (including phenoxy) is 2. The summed E-state index contributed by atoms with van der Waals surface area (Å²) in [5.74, 6) is -12.9. The molecule has 2 unspecified atom stereocenters. The van der Waals surface area contributed by atoms with Crippen molar-refractivity contribution in [3.8, 4) is 0 Å². The summed E-state index contributed by atoms with van der Waals surface area (Å²) in [7, 11) is 0. The van der Waals surface area contributed by atoms with Gasteiger partial charge in [-0.05, 0) is 38.8 Å². The molecule has 0 radical (unpaired) electrons. The Labute approximate surface area is 244 Å². The van der Waals surface area contributed by atoms with Crippen molar-refractivity contribution in [1.29, 1.82) is 0 Å². The van der Waals surface area contributed by atoms with Gasteiger partial charge in [0, 0.05) is 12.4 Å². The Morgan fingerprint density at radius 1 is 0.682 bits per heavy atom. The maximum absolute atomic E-state index is 15.4. The lowest BCUT2D eigenvalue weighted by atomic mass is 9.88. The van der Waals surface area contributed by atoms with Gasteiger partial charge in [-0.15, -0.1) is 0 Å². The maximum Gasteiger partial charge on any atom is 0.343 e. The molecule has 0 aliphatic heterocycles. The molecule has 2 atom stereocenters. The van der Waals surface area contributed by atoms with Crippen molar-refractivity contribution < 1.29 is 45.4 Å². The molecule has 1 saturated carbocycles. The fraction of sp³-hybridized carbons (Fsp3) is 0.333. The van der Waals surface area contributed by atoms with Gasteiger partial charge in [-0.1, -0.05) is 12.8 Å². The first-order chi connectivity index (χ1) is 20.9. The first-order valence-electron chi connectivity index (χ1n) is 13.7. The van der Waals surface area contributed by atoms with E-state index in [0.717, 1.165) is 21.5 Å². The Morgan fingerprint density at radius 2 is 1.05 bits per heavy atom. The highest BCUT2D eigenvalue weighted by Crippen LogP contribution is 2.41. The molecule has 0 amide bonds. The molecule has 2 heterocycles. The van der Waals surface area contributed by atoms with E-state index in [4.69, 9.17) is 9.47 Å². The standard InChI is InChI=1S/C30H24F6N2O6/c1-3-43-29(41)15-11-37(25-13(27(15)39)9-17(31)21(33)23(25)35)19-7-5-6-8-20(19)38-12-16(30(42)44-4-2)28(40)14-10-18(32)22(34)24(36)26(14)38/h9-12,19-20H,3-8H2,1-2H3. The zero-order valence-electron chi connectivity index (χ0n) is 23.3. The summed E-state index contributed by atoms with van der Waals surface area (Å²) in [6.07, 6.45) is 2.92. The summed E-state index contributed by atoms with van der Waals surface area (Å²) in [5.41, 5.74) is -4.97. The zero-order valence-corrected chi connectivity index (χ0v) is 23.3. The molecular weight excluding hydrogens is 598 g/mol. The number of pyridine rings is 2. The SMILES string of the molecule is CCOC(=O)c1cn(C2CCCCC2n2cc(C(=O)OCC)c(=O)c3cc(F)c(F)c(F)c32)c2c(F)c(F)c(F)cc2c1=O. The molecule has 0 spiro atoms. The Kier molecular flexibility index (Phi) is 8.28. The van der Waals surface area contributed by atoms with Gasteiger partial charge in [0.2, 0.25) is 10.9 Å². The van der Waals surface area contributed by atoms with Crippen LogP contribution in [0.2, 0.25) is 0 Å². The van der Waals surface area contributed by atoms with E-state index in [0.29, 0.717) is 25.0 Å². The van der Waals surface area contributed by atoms with Crippen molar-refractivity contribution in [1.82, 2.24) is 9.13 Å². The first kappa shape index (κ1) is 30.8. The number of carbonyl (C=O) groups excluding carboxylic acids is 2. The van der Waals surface area contributed by atoms with Crippen LogP contribution in [0.3, 0.4) is 0 Å². The molecule has 5 rings (SSSR count). The number of fused-ring (bicyclic) bond motifs is 2. The zero-order chi connectivity index (χ0) is 32.0. The van der Waals surface area contributed by atoms with Gasteiger partial charge >= 0.3 is 11.9 Å². The lowest BCUT2D eigenvalue weighted by Gasteiger charge is -2.37. The fourth-order valence-electron chi connectivity index (χ4n) is 5.81. The smallest absolute Gasteiger partial charge is 0.343 e. The molecule has 8 nitrogen and oxygen atoms in total. The number of halogens is 6. The second-order valence-electron chi connectivity index (χ2n) is 10.2.